The summed E-state index contributed by atoms with van der Waals surface area (Å²) in [6.07, 6.45) is 23.1. The molecule has 0 nitrogen and oxygen atoms in total. The van der Waals surface area contributed by atoms with Crippen molar-refractivity contribution in [2.75, 3.05) is 0 Å². The fourth-order valence-electron chi connectivity index (χ4n) is 2.69. The van der Waals surface area contributed by atoms with Gasteiger partial charge in [-0.15, -0.1) is 0 Å². The zero-order valence-corrected chi connectivity index (χ0v) is 51.0. The van der Waals surface area contributed by atoms with Gasteiger partial charge in [0.2, 0.25) is 0 Å². The molecule has 0 spiro atoms. The van der Waals surface area contributed by atoms with Crippen molar-refractivity contribution in [3.63, 3.8) is 0 Å². The highest BCUT2D eigenvalue weighted by Crippen LogP contribution is 2.23. The first kappa shape index (κ1) is 145. The molecule has 0 bridgehead atoms. The lowest BCUT2D eigenvalue weighted by molar-refractivity contribution is 0.397. The van der Waals surface area contributed by atoms with Gasteiger partial charge in [0, 0.05) is 0 Å². The molecule has 1 atom stereocenters. The van der Waals surface area contributed by atoms with E-state index in [0.29, 0.717) is 16.2 Å². The highest BCUT2D eigenvalue weighted by molar-refractivity contribution is 4.60. The van der Waals surface area contributed by atoms with Crippen LogP contribution in [0.4, 0.5) is 0 Å². The highest BCUT2D eigenvalue weighted by atomic mass is 14.1. The van der Waals surface area contributed by atoms with Crippen LogP contribution in [0.5, 0.6) is 0 Å². The molecule has 0 aromatic rings. The normalized spacial score (nSPS) is 10.1. The molecule has 0 unspecified atom stereocenters. The van der Waals surface area contributed by atoms with Crippen LogP contribution in [0.1, 0.15) is 426 Å². The highest BCUT2D eigenvalue weighted by Gasteiger charge is 2.07. The summed E-state index contributed by atoms with van der Waals surface area (Å²) in [5, 5.41) is 0. The van der Waals surface area contributed by atoms with Gasteiger partial charge in [0.25, 0.3) is 0 Å². The minimum absolute atomic E-state index is 0. The Labute approximate surface area is 475 Å². The van der Waals surface area contributed by atoms with Gasteiger partial charge in [0.05, 0.1) is 0 Å². The van der Waals surface area contributed by atoms with Gasteiger partial charge in [-0.2, -0.15) is 0 Å². The van der Waals surface area contributed by atoms with E-state index in [1.165, 1.54) is 109 Å². The predicted molar refractivity (Wildman–Crippen MR) is 374 cm³/mol. The Balaban J connectivity index is -0.0000000183. The van der Waals surface area contributed by atoms with E-state index >= 15 is 0 Å². The van der Waals surface area contributed by atoms with E-state index in [-0.39, 0.29) is 81.7 Å². The quantitative estimate of drug-likeness (QED) is 0.216. The first-order valence-electron chi connectivity index (χ1n) is 27.2. The topological polar surface area (TPSA) is 0 Å². The second-order valence-corrected chi connectivity index (χ2v) is 22.9. The summed E-state index contributed by atoms with van der Waals surface area (Å²) in [5.74, 6) is 5.55. The maximum Gasteiger partial charge on any atom is -0.0385 e. The first-order valence-corrected chi connectivity index (χ1v) is 27.2. The Morgan fingerprint density at radius 3 is 0.563 bits per heavy atom. The molecule has 0 saturated heterocycles. The van der Waals surface area contributed by atoms with Crippen molar-refractivity contribution in [2.24, 2.45) is 51.8 Å². The number of hydrogen-bond acceptors (Lipinski definition) is 0. The van der Waals surface area contributed by atoms with E-state index in [0.717, 1.165) is 35.5 Å². The zero-order valence-electron chi connectivity index (χ0n) is 51.0. The Hall–Kier alpha value is 0. The third-order valence-electron chi connectivity index (χ3n) is 8.82. The van der Waals surface area contributed by atoms with Crippen molar-refractivity contribution in [3.8, 4) is 0 Å². The molecule has 1 fully saturated rings. The smallest absolute Gasteiger partial charge is 0.0385 e. The number of rotatable bonds is 9. The maximum atomic E-state index is 2.34. The lowest BCUT2D eigenvalue weighted by Crippen LogP contribution is -2.00. The molecule has 0 heteroatoms. The maximum absolute atomic E-state index is 2.34. The summed E-state index contributed by atoms with van der Waals surface area (Å²) in [4.78, 5) is 0. The van der Waals surface area contributed by atoms with Gasteiger partial charge >= 0.3 is 0 Å². The van der Waals surface area contributed by atoms with Crippen LogP contribution in [-0.2, 0) is 0 Å². The fourth-order valence-corrected chi connectivity index (χ4v) is 2.69. The monoisotopic (exact) mass is 1040 g/mol. The molecule has 1 aliphatic carbocycles. The molecule has 0 radical (unpaired) electrons. The summed E-state index contributed by atoms with van der Waals surface area (Å²) in [6.45, 7) is 75.0. The van der Waals surface area contributed by atoms with Gasteiger partial charge < -0.3 is 0 Å². The summed E-state index contributed by atoms with van der Waals surface area (Å²) in [5.41, 5.74) is 1.58. The molecule has 0 N–H and O–H groups in total. The Morgan fingerprint density at radius 2 is 0.535 bits per heavy atom. The molecule has 0 amide bonds. The molecule has 0 aromatic carbocycles. The molecule has 470 valence electrons. The third kappa shape index (κ3) is 413. The van der Waals surface area contributed by atoms with E-state index in [9.17, 15) is 0 Å². The Morgan fingerprint density at radius 1 is 0.352 bits per heavy atom. The average molecular weight is 1040 g/mol. The van der Waals surface area contributed by atoms with Crippen LogP contribution in [0, 0.1) is 51.8 Å². The molecular formula is C71H186. The van der Waals surface area contributed by atoms with E-state index in [4.69, 9.17) is 0 Å². The van der Waals surface area contributed by atoms with Crippen molar-refractivity contribution < 1.29 is 0 Å². The van der Waals surface area contributed by atoms with Crippen molar-refractivity contribution in [1.82, 2.24) is 0 Å². The minimum atomic E-state index is 0. The van der Waals surface area contributed by atoms with Gasteiger partial charge in [-0.05, 0) is 51.8 Å². The summed E-state index contributed by atoms with van der Waals surface area (Å²) >= 11 is 0. The second-order valence-electron chi connectivity index (χ2n) is 22.9. The zero-order chi connectivity index (χ0) is 51.0. The fraction of sp³-hybridized carbons (Fsp3) is 1.00. The molecule has 1 aliphatic rings. The molecule has 0 aliphatic heterocycles. The Kier molecular flexibility index (Phi) is 242. The van der Waals surface area contributed by atoms with Crippen molar-refractivity contribution in [3.05, 3.63) is 0 Å². The lowest BCUT2D eigenvalue weighted by atomic mass is 9.94. The van der Waals surface area contributed by atoms with Crippen LogP contribution in [0.2, 0.25) is 0 Å². The van der Waals surface area contributed by atoms with E-state index in [2.05, 4.69) is 222 Å². The largest absolute Gasteiger partial charge is 0.0776 e. The van der Waals surface area contributed by atoms with E-state index in [1.807, 2.05) is 13.8 Å². The standard InChI is InChI=1S/C7H16.C6H12.4C6H14.2C5H12.2C4H10.C3H8.C2H6.11CH4/c1-4-6-7(3)5-2;1-6-4-2-3-5-6;2*1-5-6(2,3)4;1-4-5-6(2)3;1-4-6(3)5-2;1-5(2,3)4;1-4-5(2)3;1-4(2)3;1-3-4-2;1-3-2;1-2;;;;;;;;;;;/h7H,4-6H2,1-3H3;6H,2-5H2,1H3;2*5H2,1-4H3;2*6H,4-5H2,1-3H3;1-4H3;5H,4H2,1-3H3;4H,1-3H3;3-4H2,1-2H3;3H2,1-2H3;1-2H3;11*1H4/t7-;;;;;;;;;;;;;;;;;;;;;;/m1....................../s1. The first-order chi connectivity index (χ1) is 27.2. The van der Waals surface area contributed by atoms with Gasteiger partial charge in [-0.1, -0.05) is 426 Å². The Bertz CT molecular complexity index is 538. The number of unbranched alkanes of at least 4 members (excludes halogenated alkanes) is 1. The van der Waals surface area contributed by atoms with Gasteiger partial charge in [0.15, 0.2) is 0 Å². The molecule has 0 heterocycles. The summed E-state index contributed by atoms with van der Waals surface area (Å²) in [7, 11) is 0. The molecular weight excluding hydrogens is 853 g/mol. The predicted octanol–water partition coefficient (Wildman–Crippen LogP) is 31.8. The second kappa shape index (κ2) is 119. The average Bonchev–Trinajstić information content (AvgIpc) is 3.63. The summed E-state index contributed by atoms with van der Waals surface area (Å²) < 4.78 is 0. The van der Waals surface area contributed by atoms with Crippen LogP contribution in [0.25, 0.3) is 0 Å². The molecule has 1 saturated carbocycles. The SMILES string of the molecule is C.C.C.C.C.C.C.C.C.C.C.CC.CC(C)(C)C.CC(C)C.CC1CCCC1.CCC.CCC(C)(C)C.CCC(C)(C)C.CCC(C)C.CCC(C)CC.CCCC.CCCC(C)C.CCC[C@H](C)CC. The third-order valence-corrected chi connectivity index (χ3v) is 8.82. The number of hydrogen-bond donors (Lipinski definition) is 0. The van der Waals surface area contributed by atoms with Gasteiger partial charge in [0.1, 0.15) is 0 Å². The van der Waals surface area contributed by atoms with Gasteiger partial charge in [-0.25, -0.2) is 0 Å². The van der Waals surface area contributed by atoms with E-state index in [1.54, 1.807) is 0 Å². The molecule has 0 aromatic heterocycles. The van der Waals surface area contributed by atoms with Crippen LogP contribution >= 0.6 is 0 Å². The van der Waals surface area contributed by atoms with Crippen LogP contribution in [-0.4, -0.2) is 0 Å². The summed E-state index contributed by atoms with van der Waals surface area (Å²) in [6, 6.07) is 0. The van der Waals surface area contributed by atoms with Crippen LogP contribution < -0.4 is 0 Å². The van der Waals surface area contributed by atoms with Crippen LogP contribution in [0.15, 0.2) is 0 Å². The molecule has 1 rings (SSSR count). The van der Waals surface area contributed by atoms with Crippen molar-refractivity contribution in [1.29, 1.82) is 0 Å². The molecule has 71 heavy (non-hydrogen) atoms. The van der Waals surface area contributed by atoms with Crippen molar-refractivity contribution >= 4 is 0 Å². The lowest BCUT2D eigenvalue weighted by Gasteiger charge is -2.12. The van der Waals surface area contributed by atoms with Gasteiger partial charge in [-0.3, -0.25) is 0 Å². The van der Waals surface area contributed by atoms with E-state index < -0.39 is 0 Å². The van der Waals surface area contributed by atoms with Crippen molar-refractivity contribution in [2.45, 2.75) is 426 Å². The van der Waals surface area contributed by atoms with Crippen LogP contribution in [0.3, 0.4) is 0 Å². The minimum Gasteiger partial charge on any atom is -0.0776 e.